The number of ether oxygens (including phenoxy) is 1. The van der Waals surface area contributed by atoms with Crippen LogP contribution in [0.2, 0.25) is 0 Å². The Labute approximate surface area is 99.7 Å². The maximum atomic E-state index is 5.99. The van der Waals surface area contributed by atoms with Gasteiger partial charge in [-0.15, -0.1) is 12.4 Å². The zero-order valence-corrected chi connectivity index (χ0v) is 11.0. The first-order valence-electron chi connectivity index (χ1n) is 5.51. The molecule has 0 spiro atoms. The highest BCUT2D eigenvalue weighted by molar-refractivity contribution is 5.85. The van der Waals surface area contributed by atoms with Gasteiger partial charge in [0.15, 0.2) is 0 Å². The summed E-state index contributed by atoms with van der Waals surface area (Å²) < 4.78 is 5.17. The highest BCUT2D eigenvalue weighted by Gasteiger charge is 2.22. The standard InChI is InChI=1S/C11H24N2O.ClH/c1-11(2,12)9-13-6-4-10(5-7-13)8-14-3;/h10H,4-9,12H2,1-3H3;1H. The molecular weight excluding hydrogens is 212 g/mol. The molecule has 0 aliphatic carbocycles. The topological polar surface area (TPSA) is 38.5 Å². The second-order valence-corrected chi connectivity index (χ2v) is 5.16. The van der Waals surface area contributed by atoms with Crippen LogP contribution in [0.25, 0.3) is 0 Å². The van der Waals surface area contributed by atoms with Gasteiger partial charge in [-0.3, -0.25) is 0 Å². The van der Waals surface area contributed by atoms with E-state index in [9.17, 15) is 0 Å². The lowest BCUT2D eigenvalue weighted by Crippen LogP contribution is -2.48. The van der Waals surface area contributed by atoms with E-state index in [-0.39, 0.29) is 17.9 Å². The molecule has 1 heterocycles. The summed E-state index contributed by atoms with van der Waals surface area (Å²) in [6, 6.07) is 0. The number of likely N-dealkylation sites (tertiary alicyclic amines) is 1. The molecule has 92 valence electrons. The van der Waals surface area contributed by atoms with Gasteiger partial charge in [-0.25, -0.2) is 0 Å². The number of nitrogens with two attached hydrogens (primary N) is 1. The number of hydrogen-bond acceptors (Lipinski definition) is 3. The van der Waals surface area contributed by atoms with Gasteiger partial charge in [-0.1, -0.05) is 0 Å². The number of halogens is 1. The van der Waals surface area contributed by atoms with E-state index in [0.717, 1.165) is 19.1 Å². The molecule has 0 aromatic carbocycles. The lowest BCUT2D eigenvalue weighted by Gasteiger charge is -2.35. The lowest BCUT2D eigenvalue weighted by molar-refractivity contribution is 0.0920. The summed E-state index contributed by atoms with van der Waals surface area (Å²) in [4.78, 5) is 2.46. The molecule has 0 saturated carbocycles. The summed E-state index contributed by atoms with van der Waals surface area (Å²) >= 11 is 0. The molecule has 1 aliphatic heterocycles. The van der Waals surface area contributed by atoms with Crippen molar-refractivity contribution in [2.24, 2.45) is 11.7 Å². The molecule has 3 nitrogen and oxygen atoms in total. The first-order chi connectivity index (χ1) is 6.51. The molecule has 15 heavy (non-hydrogen) atoms. The van der Waals surface area contributed by atoms with Gasteiger partial charge in [0.05, 0.1) is 0 Å². The average Bonchev–Trinajstić information content (AvgIpc) is 2.06. The van der Waals surface area contributed by atoms with Crippen molar-refractivity contribution in [3.8, 4) is 0 Å². The Morgan fingerprint density at radius 2 is 1.87 bits per heavy atom. The van der Waals surface area contributed by atoms with E-state index in [2.05, 4.69) is 18.7 Å². The Bertz CT molecular complexity index is 162. The van der Waals surface area contributed by atoms with Crippen LogP contribution in [0.15, 0.2) is 0 Å². The Hall–Kier alpha value is 0.170. The fourth-order valence-corrected chi connectivity index (χ4v) is 2.12. The van der Waals surface area contributed by atoms with Crippen molar-refractivity contribution in [2.45, 2.75) is 32.2 Å². The van der Waals surface area contributed by atoms with Crippen molar-refractivity contribution in [1.82, 2.24) is 4.90 Å². The molecule has 0 bridgehead atoms. The van der Waals surface area contributed by atoms with Gasteiger partial charge in [-0.2, -0.15) is 0 Å². The van der Waals surface area contributed by atoms with Crippen LogP contribution in [0.1, 0.15) is 26.7 Å². The van der Waals surface area contributed by atoms with Crippen molar-refractivity contribution in [2.75, 3.05) is 33.4 Å². The van der Waals surface area contributed by atoms with Gasteiger partial charge in [-0.05, 0) is 45.7 Å². The van der Waals surface area contributed by atoms with Crippen LogP contribution in [0.4, 0.5) is 0 Å². The Balaban J connectivity index is 0.00000196. The second kappa shape index (κ2) is 6.69. The summed E-state index contributed by atoms with van der Waals surface area (Å²) in [5, 5.41) is 0. The summed E-state index contributed by atoms with van der Waals surface area (Å²) in [6.45, 7) is 8.46. The minimum Gasteiger partial charge on any atom is -0.384 e. The normalized spacial score (nSPS) is 20.0. The number of nitrogens with zero attached hydrogens (tertiary/aromatic N) is 1. The van der Waals surface area contributed by atoms with E-state index >= 15 is 0 Å². The molecule has 1 fully saturated rings. The third-order valence-electron chi connectivity index (χ3n) is 2.74. The van der Waals surface area contributed by atoms with Gasteiger partial charge in [0.1, 0.15) is 0 Å². The molecule has 0 aromatic rings. The monoisotopic (exact) mass is 236 g/mol. The number of methoxy groups -OCH3 is 1. The fourth-order valence-electron chi connectivity index (χ4n) is 2.12. The molecular formula is C11H25ClN2O. The molecule has 1 rings (SSSR count). The average molecular weight is 237 g/mol. The molecule has 0 aromatic heterocycles. The van der Waals surface area contributed by atoms with Crippen LogP contribution < -0.4 is 5.73 Å². The van der Waals surface area contributed by atoms with E-state index < -0.39 is 0 Å². The maximum Gasteiger partial charge on any atom is 0.0491 e. The summed E-state index contributed by atoms with van der Waals surface area (Å²) in [5.41, 5.74) is 5.93. The van der Waals surface area contributed by atoms with Gasteiger partial charge < -0.3 is 15.4 Å². The van der Waals surface area contributed by atoms with Crippen LogP contribution in [-0.4, -0.2) is 43.8 Å². The molecule has 0 amide bonds. The molecule has 1 saturated heterocycles. The first kappa shape index (κ1) is 15.2. The Kier molecular flexibility index (Phi) is 6.76. The van der Waals surface area contributed by atoms with Gasteiger partial charge in [0.2, 0.25) is 0 Å². The van der Waals surface area contributed by atoms with Crippen LogP contribution in [-0.2, 0) is 4.74 Å². The molecule has 0 atom stereocenters. The van der Waals surface area contributed by atoms with Crippen molar-refractivity contribution in [3.05, 3.63) is 0 Å². The first-order valence-corrected chi connectivity index (χ1v) is 5.51. The predicted octanol–water partition coefficient (Wildman–Crippen LogP) is 1.50. The number of piperidine rings is 1. The Morgan fingerprint density at radius 3 is 2.27 bits per heavy atom. The highest BCUT2D eigenvalue weighted by atomic mass is 35.5. The summed E-state index contributed by atoms with van der Waals surface area (Å²) in [5.74, 6) is 0.761. The number of hydrogen-bond donors (Lipinski definition) is 1. The van der Waals surface area contributed by atoms with E-state index in [1.807, 2.05) is 0 Å². The van der Waals surface area contributed by atoms with Gasteiger partial charge >= 0.3 is 0 Å². The SMILES string of the molecule is COCC1CCN(CC(C)(C)N)CC1.Cl. The zero-order valence-electron chi connectivity index (χ0n) is 10.2. The van der Waals surface area contributed by atoms with Crippen molar-refractivity contribution in [1.29, 1.82) is 0 Å². The minimum absolute atomic E-state index is 0. The largest absolute Gasteiger partial charge is 0.384 e. The predicted molar refractivity (Wildman–Crippen MR) is 66.6 cm³/mol. The van der Waals surface area contributed by atoms with Crippen molar-refractivity contribution < 1.29 is 4.74 Å². The van der Waals surface area contributed by atoms with Crippen LogP contribution in [0.3, 0.4) is 0 Å². The van der Waals surface area contributed by atoms with Gasteiger partial charge in [0.25, 0.3) is 0 Å². The van der Waals surface area contributed by atoms with E-state index in [0.29, 0.717) is 0 Å². The third-order valence-corrected chi connectivity index (χ3v) is 2.74. The second-order valence-electron chi connectivity index (χ2n) is 5.16. The third kappa shape index (κ3) is 6.36. The summed E-state index contributed by atoms with van der Waals surface area (Å²) in [6.07, 6.45) is 2.51. The lowest BCUT2D eigenvalue weighted by atomic mass is 9.96. The minimum atomic E-state index is -0.0614. The van der Waals surface area contributed by atoms with Crippen LogP contribution >= 0.6 is 12.4 Å². The van der Waals surface area contributed by atoms with E-state index in [1.165, 1.54) is 25.9 Å². The molecule has 1 aliphatic rings. The smallest absolute Gasteiger partial charge is 0.0491 e. The van der Waals surface area contributed by atoms with Crippen LogP contribution in [0, 0.1) is 5.92 Å². The molecule has 4 heteroatoms. The molecule has 0 radical (unpaired) electrons. The fraction of sp³-hybridized carbons (Fsp3) is 1.00. The van der Waals surface area contributed by atoms with Crippen LogP contribution in [0.5, 0.6) is 0 Å². The summed E-state index contributed by atoms with van der Waals surface area (Å²) in [7, 11) is 1.79. The van der Waals surface area contributed by atoms with Crippen molar-refractivity contribution >= 4 is 12.4 Å². The Morgan fingerprint density at radius 1 is 1.33 bits per heavy atom. The number of rotatable bonds is 4. The molecule has 2 N–H and O–H groups in total. The van der Waals surface area contributed by atoms with E-state index in [1.54, 1.807) is 7.11 Å². The van der Waals surface area contributed by atoms with E-state index in [4.69, 9.17) is 10.5 Å². The van der Waals surface area contributed by atoms with Gasteiger partial charge in [0, 0.05) is 25.8 Å². The quantitative estimate of drug-likeness (QED) is 0.804. The highest BCUT2D eigenvalue weighted by Crippen LogP contribution is 2.18. The maximum absolute atomic E-state index is 5.99. The zero-order chi connectivity index (χ0) is 10.6. The molecule has 0 unspecified atom stereocenters. The van der Waals surface area contributed by atoms with Crippen molar-refractivity contribution in [3.63, 3.8) is 0 Å².